The molecule has 0 aliphatic rings. The molecule has 0 saturated carbocycles. The molecule has 2 aromatic rings. The summed E-state index contributed by atoms with van der Waals surface area (Å²) in [5, 5.41) is 18.6. The highest BCUT2D eigenvalue weighted by Gasteiger charge is 2.09. The molecule has 0 amide bonds. The number of fused-ring (bicyclic) bond motifs is 1. The van der Waals surface area contributed by atoms with Crippen LogP contribution in [-0.4, -0.2) is 22.8 Å². The van der Waals surface area contributed by atoms with E-state index in [4.69, 9.17) is 10.2 Å². The summed E-state index contributed by atoms with van der Waals surface area (Å²) in [5.41, 5.74) is 0.986. The van der Waals surface area contributed by atoms with Crippen LogP contribution >= 0.6 is 11.3 Å². The van der Waals surface area contributed by atoms with Crippen molar-refractivity contribution in [1.29, 1.82) is 0 Å². The van der Waals surface area contributed by atoms with Gasteiger partial charge in [0.25, 0.3) is 0 Å². The zero-order chi connectivity index (χ0) is 12.3. The van der Waals surface area contributed by atoms with Crippen LogP contribution < -0.4 is 0 Å². The number of hydrogen-bond donors (Lipinski definition) is 2. The normalized spacial score (nSPS) is 11.4. The van der Waals surface area contributed by atoms with Gasteiger partial charge in [0.05, 0.1) is 0 Å². The van der Waals surface area contributed by atoms with Crippen LogP contribution in [0.3, 0.4) is 0 Å². The molecule has 0 aliphatic heterocycles. The Labute approximate surface area is 103 Å². The number of aliphatic hydroxyl groups excluding tert-OH is 1. The van der Waals surface area contributed by atoms with Gasteiger partial charge in [-0.05, 0) is 24.1 Å². The van der Waals surface area contributed by atoms with E-state index in [0.717, 1.165) is 15.6 Å². The minimum absolute atomic E-state index is 0.122. The van der Waals surface area contributed by atoms with Crippen LogP contribution in [0, 0.1) is 0 Å². The number of aliphatic hydroxyl groups is 1. The number of benzene rings is 1. The fraction of sp³-hybridized carbons (Fsp3) is 0.154. The third kappa shape index (κ3) is 2.54. The first-order valence-electron chi connectivity index (χ1n) is 5.25. The number of carboxylic acid groups (broad SMARTS) is 1. The van der Waals surface area contributed by atoms with Crippen LogP contribution in [0.5, 0.6) is 0 Å². The monoisotopic (exact) mass is 248 g/mol. The van der Waals surface area contributed by atoms with Crippen molar-refractivity contribution in [2.75, 3.05) is 6.61 Å². The molecule has 0 radical (unpaired) electrons. The van der Waals surface area contributed by atoms with E-state index in [2.05, 4.69) is 0 Å². The molecule has 17 heavy (non-hydrogen) atoms. The summed E-state index contributed by atoms with van der Waals surface area (Å²) >= 11 is 1.28. The number of hydrogen-bond acceptors (Lipinski definition) is 3. The van der Waals surface area contributed by atoms with Gasteiger partial charge in [-0.3, -0.25) is 0 Å². The van der Waals surface area contributed by atoms with E-state index in [-0.39, 0.29) is 6.61 Å². The van der Waals surface area contributed by atoms with Crippen molar-refractivity contribution < 1.29 is 15.0 Å². The molecule has 0 unspecified atom stereocenters. The zero-order valence-corrected chi connectivity index (χ0v) is 9.91. The predicted octanol–water partition coefficient (Wildman–Crippen LogP) is 3.00. The second-order valence-corrected chi connectivity index (χ2v) is 4.67. The zero-order valence-electron chi connectivity index (χ0n) is 9.09. The molecule has 0 saturated heterocycles. The third-order valence-corrected chi connectivity index (χ3v) is 3.49. The van der Waals surface area contributed by atoms with Gasteiger partial charge in [-0.2, -0.15) is 0 Å². The molecule has 0 fully saturated rings. The van der Waals surface area contributed by atoms with E-state index in [9.17, 15) is 4.79 Å². The van der Waals surface area contributed by atoms with Gasteiger partial charge in [0.1, 0.15) is 4.88 Å². The highest BCUT2D eigenvalue weighted by atomic mass is 32.1. The molecule has 0 bridgehead atoms. The second-order valence-electron chi connectivity index (χ2n) is 3.59. The van der Waals surface area contributed by atoms with Crippen molar-refractivity contribution in [3.8, 4) is 0 Å². The topological polar surface area (TPSA) is 57.5 Å². The lowest BCUT2D eigenvalue weighted by Crippen LogP contribution is -1.89. The molecule has 0 spiro atoms. The van der Waals surface area contributed by atoms with Crippen LogP contribution in [-0.2, 0) is 0 Å². The summed E-state index contributed by atoms with van der Waals surface area (Å²) in [6, 6.07) is 7.45. The van der Waals surface area contributed by atoms with Crippen molar-refractivity contribution >= 4 is 33.5 Å². The Morgan fingerprint density at radius 1 is 1.41 bits per heavy atom. The number of aromatic carboxylic acids is 1. The van der Waals surface area contributed by atoms with Crippen molar-refractivity contribution in [3.05, 3.63) is 40.8 Å². The largest absolute Gasteiger partial charge is 0.477 e. The average Bonchev–Trinajstić information content (AvgIpc) is 2.74. The Bertz CT molecular complexity index is 569. The van der Waals surface area contributed by atoms with Crippen molar-refractivity contribution in [1.82, 2.24) is 0 Å². The maximum Gasteiger partial charge on any atom is 0.345 e. The predicted molar refractivity (Wildman–Crippen MR) is 69.5 cm³/mol. The number of thiophene rings is 1. The number of carboxylic acids is 1. The molecular weight excluding hydrogens is 236 g/mol. The SMILES string of the molecule is O=C(O)c1cc2c(C=CCCO)cccc2s1. The molecule has 1 aromatic carbocycles. The second kappa shape index (κ2) is 5.12. The summed E-state index contributed by atoms with van der Waals surface area (Å²) in [4.78, 5) is 11.3. The molecule has 88 valence electrons. The van der Waals surface area contributed by atoms with Gasteiger partial charge in [-0.25, -0.2) is 4.79 Å². The smallest absolute Gasteiger partial charge is 0.345 e. The van der Waals surface area contributed by atoms with Gasteiger partial charge < -0.3 is 10.2 Å². The molecule has 0 atom stereocenters. The van der Waals surface area contributed by atoms with Gasteiger partial charge in [0, 0.05) is 16.7 Å². The lowest BCUT2D eigenvalue weighted by Gasteiger charge is -1.95. The summed E-state index contributed by atoms with van der Waals surface area (Å²) in [6.07, 6.45) is 4.40. The van der Waals surface area contributed by atoms with Gasteiger partial charge in [-0.15, -0.1) is 11.3 Å². The highest BCUT2D eigenvalue weighted by Crippen LogP contribution is 2.29. The van der Waals surface area contributed by atoms with Crippen molar-refractivity contribution in [2.24, 2.45) is 0 Å². The van der Waals surface area contributed by atoms with E-state index < -0.39 is 5.97 Å². The van der Waals surface area contributed by atoms with Crippen LogP contribution in [0.15, 0.2) is 30.3 Å². The van der Waals surface area contributed by atoms with E-state index in [1.807, 2.05) is 30.4 Å². The standard InChI is InChI=1S/C13H12O3S/c14-7-2-1-4-9-5-3-6-11-10(9)8-12(17-11)13(15)16/h1,3-6,8,14H,2,7H2,(H,15,16). The van der Waals surface area contributed by atoms with E-state index in [1.165, 1.54) is 11.3 Å². The summed E-state index contributed by atoms with van der Waals surface area (Å²) in [5.74, 6) is -0.892. The molecule has 0 aliphatic carbocycles. The minimum Gasteiger partial charge on any atom is -0.477 e. The lowest BCUT2D eigenvalue weighted by molar-refractivity contribution is 0.0702. The van der Waals surface area contributed by atoms with Crippen LogP contribution in [0.2, 0.25) is 0 Å². The number of carbonyl (C=O) groups is 1. The summed E-state index contributed by atoms with van der Waals surface area (Å²) in [6.45, 7) is 0.122. The van der Waals surface area contributed by atoms with Crippen LogP contribution in [0.4, 0.5) is 0 Å². The fourth-order valence-corrected chi connectivity index (χ4v) is 2.55. The van der Waals surface area contributed by atoms with Gasteiger partial charge in [0.15, 0.2) is 0 Å². The van der Waals surface area contributed by atoms with Crippen LogP contribution in [0.1, 0.15) is 21.7 Å². The average molecular weight is 248 g/mol. The number of rotatable bonds is 4. The maximum atomic E-state index is 10.9. The Hall–Kier alpha value is -1.65. The molecule has 2 rings (SSSR count). The molecule has 1 heterocycles. The summed E-state index contributed by atoms with van der Waals surface area (Å²) in [7, 11) is 0. The van der Waals surface area contributed by atoms with E-state index in [0.29, 0.717) is 11.3 Å². The molecule has 1 aromatic heterocycles. The van der Waals surface area contributed by atoms with E-state index >= 15 is 0 Å². The van der Waals surface area contributed by atoms with Crippen LogP contribution in [0.25, 0.3) is 16.2 Å². The van der Waals surface area contributed by atoms with Crippen molar-refractivity contribution in [3.63, 3.8) is 0 Å². The van der Waals surface area contributed by atoms with Gasteiger partial charge >= 0.3 is 5.97 Å². The Morgan fingerprint density at radius 2 is 2.24 bits per heavy atom. The first kappa shape index (κ1) is 11.8. The summed E-state index contributed by atoms with van der Waals surface area (Å²) < 4.78 is 0.966. The first-order chi connectivity index (χ1) is 8.22. The van der Waals surface area contributed by atoms with Gasteiger partial charge in [-0.1, -0.05) is 24.3 Å². The Morgan fingerprint density at radius 3 is 2.94 bits per heavy atom. The lowest BCUT2D eigenvalue weighted by atomic mass is 10.1. The fourth-order valence-electron chi connectivity index (χ4n) is 1.62. The quantitative estimate of drug-likeness (QED) is 0.874. The Kier molecular flexibility index (Phi) is 3.56. The minimum atomic E-state index is -0.892. The molecule has 4 heteroatoms. The third-order valence-electron chi connectivity index (χ3n) is 2.40. The molecular formula is C13H12O3S. The van der Waals surface area contributed by atoms with E-state index in [1.54, 1.807) is 6.07 Å². The highest BCUT2D eigenvalue weighted by molar-refractivity contribution is 7.20. The maximum absolute atomic E-state index is 10.9. The Balaban J connectivity index is 2.45. The first-order valence-corrected chi connectivity index (χ1v) is 6.07. The molecule has 3 nitrogen and oxygen atoms in total. The molecule has 2 N–H and O–H groups in total. The van der Waals surface area contributed by atoms with Gasteiger partial charge in [0.2, 0.25) is 0 Å². The van der Waals surface area contributed by atoms with Crippen molar-refractivity contribution in [2.45, 2.75) is 6.42 Å².